The molecular weight excluding hydrogens is 334 g/mol. The smallest absolute Gasteiger partial charge is 0.388 e. The van der Waals surface area contributed by atoms with Crippen LogP contribution in [-0.4, -0.2) is 31.3 Å². The number of hydrogen-bond acceptors (Lipinski definition) is 12. The van der Waals surface area contributed by atoms with Gasteiger partial charge in [-0.3, -0.25) is 15.1 Å². The summed E-state index contributed by atoms with van der Waals surface area (Å²) in [7, 11) is 0. The number of carbonyl (C=O) groups is 1. The number of rotatable bonds is 6. The number of aryl methyl sites for hydroxylation is 1. The molecular formula is C9H7N7O6S. The third kappa shape index (κ3) is 4.07. The van der Waals surface area contributed by atoms with Gasteiger partial charge < -0.3 is 5.11 Å². The van der Waals surface area contributed by atoms with Crippen molar-refractivity contribution in [2.24, 2.45) is 5.28 Å². The Morgan fingerprint density at radius 3 is 2.96 bits per heavy atom. The third-order valence-electron chi connectivity index (χ3n) is 2.12. The van der Waals surface area contributed by atoms with Crippen molar-refractivity contribution in [1.29, 1.82) is 0 Å². The Morgan fingerprint density at radius 1 is 1.48 bits per heavy atom. The SMILES string of the molecule is Cc1cc(OON=[N+]=[N-])nc(Nc2nc(O)c(C(=O)OO)s2)n1. The molecule has 0 saturated heterocycles. The molecule has 0 fully saturated rings. The normalized spacial score (nSPS) is 9.65. The Morgan fingerprint density at radius 2 is 2.26 bits per heavy atom. The van der Waals surface area contributed by atoms with Crippen LogP contribution in [-0.2, 0) is 9.88 Å². The Balaban J connectivity index is 2.19. The van der Waals surface area contributed by atoms with Gasteiger partial charge in [0.05, 0.1) is 0 Å². The Kier molecular flexibility index (Phi) is 4.93. The number of hydrogen-bond donors (Lipinski definition) is 3. The Labute approximate surface area is 130 Å². The number of anilines is 2. The van der Waals surface area contributed by atoms with Crippen LogP contribution in [0.3, 0.4) is 0 Å². The summed E-state index contributed by atoms with van der Waals surface area (Å²) in [6.07, 6.45) is 0. The lowest BCUT2D eigenvalue weighted by Gasteiger charge is -2.04. The number of thiazole rings is 1. The van der Waals surface area contributed by atoms with Gasteiger partial charge in [-0.1, -0.05) is 11.3 Å². The van der Waals surface area contributed by atoms with Crippen molar-refractivity contribution in [3.8, 4) is 11.8 Å². The number of nitrogens with one attached hydrogen (secondary N) is 1. The number of azide groups is 1. The number of aromatic nitrogens is 3. The van der Waals surface area contributed by atoms with Crippen molar-refractivity contribution in [3.05, 3.63) is 27.1 Å². The van der Waals surface area contributed by atoms with Crippen LogP contribution in [0.4, 0.5) is 11.1 Å². The fourth-order valence-electron chi connectivity index (χ4n) is 1.34. The van der Waals surface area contributed by atoms with Crippen LogP contribution in [0.15, 0.2) is 11.3 Å². The summed E-state index contributed by atoms with van der Waals surface area (Å²) in [5, 5.41) is 23.2. The molecule has 2 heterocycles. The van der Waals surface area contributed by atoms with Gasteiger partial charge in [-0.2, -0.15) is 15.2 Å². The third-order valence-corrected chi connectivity index (χ3v) is 3.06. The standard InChI is InChI=1S/C9H7N7O6S/c1-3-2-4(21-22-16-15-10)12-8(11-3)14-9-13-6(17)5(23-9)7(18)20-19/h2,17,19H,1H3,(H,11,12,13,14). The molecule has 14 heteroatoms. The summed E-state index contributed by atoms with van der Waals surface area (Å²) >= 11 is 0.695. The molecule has 2 aromatic rings. The first-order valence-corrected chi connectivity index (χ1v) is 6.41. The molecule has 0 radical (unpaired) electrons. The molecule has 0 saturated carbocycles. The van der Waals surface area contributed by atoms with Gasteiger partial charge >= 0.3 is 5.97 Å². The molecule has 13 nitrogen and oxygen atoms in total. The molecule has 0 spiro atoms. The minimum atomic E-state index is -1.16. The van der Waals surface area contributed by atoms with Gasteiger partial charge in [0.1, 0.15) is 0 Å². The summed E-state index contributed by atoms with van der Waals surface area (Å²) < 4.78 is 0. The number of nitrogens with zero attached hydrogens (tertiary/aromatic N) is 6. The van der Waals surface area contributed by atoms with Crippen LogP contribution in [0.5, 0.6) is 11.8 Å². The fourth-order valence-corrected chi connectivity index (χ4v) is 2.07. The van der Waals surface area contributed by atoms with Crippen molar-refractivity contribution < 1.29 is 29.9 Å². The van der Waals surface area contributed by atoms with Crippen molar-refractivity contribution in [1.82, 2.24) is 15.0 Å². The van der Waals surface area contributed by atoms with E-state index in [2.05, 4.69) is 45.2 Å². The maximum absolute atomic E-state index is 11.2. The molecule has 23 heavy (non-hydrogen) atoms. The lowest BCUT2D eigenvalue weighted by Crippen LogP contribution is -2.01. The summed E-state index contributed by atoms with van der Waals surface area (Å²) in [5.41, 5.74) is 8.53. The first-order chi connectivity index (χ1) is 11.0. The first kappa shape index (κ1) is 16.0. The van der Waals surface area contributed by atoms with E-state index in [0.29, 0.717) is 17.0 Å². The second kappa shape index (κ2) is 7.08. The van der Waals surface area contributed by atoms with Crippen molar-refractivity contribution in [2.45, 2.75) is 6.92 Å². The van der Waals surface area contributed by atoms with Crippen LogP contribution in [0.1, 0.15) is 15.4 Å². The lowest BCUT2D eigenvalue weighted by atomic mass is 10.4. The largest absolute Gasteiger partial charge is 0.492 e. The van der Waals surface area contributed by atoms with Gasteiger partial charge in [-0.05, 0) is 12.5 Å². The predicted molar refractivity (Wildman–Crippen MR) is 72.7 cm³/mol. The maximum Gasteiger partial charge on any atom is 0.388 e. The van der Waals surface area contributed by atoms with Gasteiger partial charge in [0.15, 0.2) is 15.3 Å². The lowest BCUT2D eigenvalue weighted by molar-refractivity contribution is -0.212. The van der Waals surface area contributed by atoms with E-state index in [-0.39, 0.29) is 21.8 Å². The van der Waals surface area contributed by atoms with Crippen LogP contribution in [0.2, 0.25) is 0 Å². The Hall–Kier alpha value is -3.35. The molecule has 0 bridgehead atoms. The highest BCUT2D eigenvalue weighted by Crippen LogP contribution is 2.30. The maximum atomic E-state index is 11.2. The number of aromatic hydroxyl groups is 1. The second-order valence-electron chi connectivity index (χ2n) is 3.68. The van der Waals surface area contributed by atoms with Crippen molar-refractivity contribution in [3.63, 3.8) is 0 Å². The molecule has 0 aromatic carbocycles. The number of carbonyl (C=O) groups excluding carboxylic acids is 1. The first-order valence-electron chi connectivity index (χ1n) is 5.60. The predicted octanol–water partition coefficient (Wildman–Crippen LogP) is 1.86. The van der Waals surface area contributed by atoms with Gasteiger partial charge in [0, 0.05) is 16.7 Å². The van der Waals surface area contributed by atoms with Crippen molar-refractivity contribution >= 4 is 28.4 Å². The van der Waals surface area contributed by atoms with Crippen molar-refractivity contribution in [2.75, 3.05) is 5.32 Å². The van der Waals surface area contributed by atoms with E-state index in [1.165, 1.54) is 6.07 Å². The summed E-state index contributed by atoms with van der Waals surface area (Å²) in [5.74, 6) is -1.86. The van der Waals surface area contributed by atoms with E-state index in [9.17, 15) is 9.90 Å². The summed E-state index contributed by atoms with van der Waals surface area (Å²) in [6, 6.07) is 1.39. The topological polar surface area (TPSA) is 185 Å². The van der Waals surface area contributed by atoms with Gasteiger partial charge in [-0.15, -0.1) is 0 Å². The van der Waals surface area contributed by atoms with E-state index in [1.54, 1.807) is 6.92 Å². The quantitative estimate of drug-likeness (QED) is 0.230. The average Bonchev–Trinajstić information content (AvgIpc) is 2.86. The van der Waals surface area contributed by atoms with E-state index < -0.39 is 11.8 Å². The molecule has 0 amide bonds. The minimum absolute atomic E-state index is 0.00204. The summed E-state index contributed by atoms with van der Waals surface area (Å²) in [6.45, 7) is 1.63. The molecule has 0 aliphatic carbocycles. The molecule has 2 rings (SSSR count). The molecule has 0 aliphatic rings. The minimum Gasteiger partial charge on any atom is -0.492 e. The highest BCUT2D eigenvalue weighted by molar-refractivity contribution is 7.17. The van der Waals surface area contributed by atoms with Crippen LogP contribution in [0.25, 0.3) is 10.4 Å². The molecule has 0 atom stereocenters. The van der Waals surface area contributed by atoms with E-state index in [1.807, 2.05) is 0 Å². The molecule has 0 unspecified atom stereocenters. The van der Waals surface area contributed by atoms with E-state index >= 15 is 0 Å². The monoisotopic (exact) mass is 341 g/mol. The fraction of sp³-hybridized carbons (Fsp3) is 0.111. The average molecular weight is 341 g/mol. The molecule has 0 aliphatic heterocycles. The highest BCUT2D eigenvalue weighted by atomic mass is 32.1. The molecule has 2 aromatic heterocycles. The van der Waals surface area contributed by atoms with Crippen LogP contribution >= 0.6 is 11.3 Å². The van der Waals surface area contributed by atoms with Gasteiger partial charge in [0.25, 0.3) is 5.88 Å². The highest BCUT2D eigenvalue weighted by Gasteiger charge is 2.20. The van der Waals surface area contributed by atoms with Crippen LogP contribution in [0, 0.1) is 6.92 Å². The molecule has 120 valence electrons. The second-order valence-corrected chi connectivity index (χ2v) is 4.67. The zero-order valence-corrected chi connectivity index (χ0v) is 12.0. The van der Waals surface area contributed by atoms with Crippen LogP contribution < -0.4 is 10.2 Å². The zero-order chi connectivity index (χ0) is 16.8. The Bertz CT molecular complexity index is 774. The van der Waals surface area contributed by atoms with Gasteiger partial charge in [0.2, 0.25) is 11.8 Å². The van der Waals surface area contributed by atoms with Gasteiger partial charge in [-0.25, -0.2) is 14.8 Å². The summed E-state index contributed by atoms with van der Waals surface area (Å²) in [4.78, 5) is 37.0. The molecule has 3 N–H and O–H groups in total. The van der Waals surface area contributed by atoms with E-state index in [4.69, 9.17) is 10.8 Å². The van der Waals surface area contributed by atoms with E-state index in [0.717, 1.165) is 0 Å². The zero-order valence-electron chi connectivity index (χ0n) is 11.2.